The van der Waals surface area contributed by atoms with Crippen LogP contribution in [0.1, 0.15) is 43.9 Å². The van der Waals surface area contributed by atoms with Gasteiger partial charge in [-0.1, -0.05) is 24.9 Å². The fraction of sp³-hybridized carbons (Fsp3) is 0.600. The van der Waals surface area contributed by atoms with Crippen LogP contribution in [0.2, 0.25) is 5.15 Å². The lowest BCUT2D eigenvalue weighted by Crippen LogP contribution is -2.53. The molecule has 1 N–H and O–H groups in total. The minimum Gasteiger partial charge on any atom is -0.345 e. The molecule has 158 valence electrons. The van der Waals surface area contributed by atoms with Crippen molar-refractivity contribution in [2.75, 3.05) is 26.2 Å². The Bertz CT molecular complexity index is 807. The summed E-state index contributed by atoms with van der Waals surface area (Å²) in [6.45, 7) is 6.23. The van der Waals surface area contributed by atoms with E-state index in [1.54, 1.807) is 15.7 Å². The van der Waals surface area contributed by atoms with Crippen molar-refractivity contribution >= 4 is 35.4 Å². The van der Waals surface area contributed by atoms with Crippen LogP contribution in [0.5, 0.6) is 0 Å². The number of hydrogen-bond donors (Lipinski definition) is 1. The molecule has 3 amide bonds. The third-order valence-corrected chi connectivity index (χ3v) is 5.61. The zero-order valence-electron chi connectivity index (χ0n) is 17.0. The Morgan fingerprint density at radius 3 is 2.45 bits per heavy atom. The summed E-state index contributed by atoms with van der Waals surface area (Å²) < 4.78 is 1.77. The van der Waals surface area contributed by atoms with Crippen LogP contribution in [0.15, 0.2) is 6.08 Å². The quantitative estimate of drug-likeness (QED) is 0.558. The predicted octanol–water partition coefficient (Wildman–Crippen LogP) is 1.61. The Kier molecular flexibility index (Phi) is 6.95. The van der Waals surface area contributed by atoms with E-state index in [-0.39, 0.29) is 11.9 Å². The number of rotatable bonds is 6. The zero-order chi connectivity index (χ0) is 21.0. The second-order valence-electron chi connectivity index (χ2n) is 7.57. The molecule has 1 aromatic heterocycles. The molecule has 0 spiro atoms. The normalized spacial score (nSPS) is 17.1. The fourth-order valence-corrected chi connectivity index (χ4v) is 3.54. The Labute approximate surface area is 175 Å². The number of unbranched alkanes of at least 4 members (excludes halogenated alkanes) is 1. The predicted molar refractivity (Wildman–Crippen MR) is 110 cm³/mol. The number of nitrogens with one attached hydrogen (secondary N) is 1. The van der Waals surface area contributed by atoms with Crippen LogP contribution in [0.4, 0.5) is 0 Å². The topological polar surface area (TPSA) is 87.5 Å². The Morgan fingerprint density at radius 1 is 1.17 bits per heavy atom. The first kappa shape index (κ1) is 21.4. The number of piperazine rings is 1. The third kappa shape index (κ3) is 5.38. The number of nitrogens with zero attached hydrogens (tertiary/aromatic N) is 4. The number of carbonyl (C=O) groups excluding carboxylic acids is 3. The van der Waals surface area contributed by atoms with Gasteiger partial charge in [-0.2, -0.15) is 5.10 Å². The first-order chi connectivity index (χ1) is 13.9. The minimum absolute atomic E-state index is 0.142. The molecule has 0 aromatic carbocycles. The fourth-order valence-electron chi connectivity index (χ4n) is 3.22. The van der Waals surface area contributed by atoms with Crippen LogP contribution < -0.4 is 5.32 Å². The molecule has 2 aliphatic rings. The number of aromatic nitrogens is 2. The zero-order valence-corrected chi connectivity index (χ0v) is 17.7. The van der Waals surface area contributed by atoms with E-state index in [0.717, 1.165) is 43.5 Å². The highest BCUT2D eigenvalue weighted by atomic mass is 35.5. The smallest absolute Gasteiger partial charge is 0.312 e. The van der Waals surface area contributed by atoms with E-state index in [0.29, 0.717) is 31.3 Å². The highest BCUT2D eigenvalue weighted by Crippen LogP contribution is 2.22. The van der Waals surface area contributed by atoms with Gasteiger partial charge in [-0.3, -0.25) is 19.1 Å². The molecule has 0 unspecified atom stereocenters. The van der Waals surface area contributed by atoms with Crippen LogP contribution >= 0.6 is 11.6 Å². The summed E-state index contributed by atoms with van der Waals surface area (Å²) in [6.07, 6.45) is 7.12. The Morgan fingerprint density at radius 2 is 1.83 bits per heavy atom. The van der Waals surface area contributed by atoms with Crippen LogP contribution in [0.25, 0.3) is 6.08 Å². The molecule has 0 bridgehead atoms. The maximum Gasteiger partial charge on any atom is 0.312 e. The summed E-state index contributed by atoms with van der Waals surface area (Å²) >= 11 is 6.40. The van der Waals surface area contributed by atoms with E-state index in [2.05, 4.69) is 17.3 Å². The van der Waals surface area contributed by atoms with Gasteiger partial charge in [0.15, 0.2) is 0 Å². The molecule has 1 saturated heterocycles. The van der Waals surface area contributed by atoms with Gasteiger partial charge in [-0.05, 0) is 32.3 Å². The average Bonchev–Trinajstić information content (AvgIpc) is 3.49. The molecule has 3 rings (SSSR count). The minimum atomic E-state index is -0.544. The van der Waals surface area contributed by atoms with E-state index in [1.807, 2.05) is 6.92 Å². The van der Waals surface area contributed by atoms with Crippen molar-refractivity contribution in [2.24, 2.45) is 0 Å². The van der Waals surface area contributed by atoms with E-state index in [4.69, 9.17) is 11.6 Å². The lowest BCUT2D eigenvalue weighted by molar-refractivity contribution is -0.148. The Hall–Kier alpha value is -2.35. The summed E-state index contributed by atoms with van der Waals surface area (Å²) in [6, 6.07) is 0.154. The standard InChI is InChI=1S/C20H28ClN5O3/c1-3-4-9-26-18(21)16(14(2)23-26)7-8-17(27)24-10-12-25(13-11-24)20(29)19(28)22-15-5-6-15/h7-8,15H,3-6,9-13H2,1-2H3,(H,22,28)/b8-7+. The molecule has 29 heavy (non-hydrogen) atoms. The lowest BCUT2D eigenvalue weighted by Gasteiger charge is -2.33. The molecule has 1 aliphatic heterocycles. The van der Waals surface area contributed by atoms with Crippen molar-refractivity contribution in [3.8, 4) is 0 Å². The van der Waals surface area contributed by atoms with Gasteiger partial charge < -0.3 is 15.1 Å². The van der Waals surface area contributed by atoms with Crippen molar-refractivity contribution in [3.63, 3.8) is 0 Å². The molecule has 8 nitrogen and oxygen atoms in total. The molecular weight excluding hydrogens is 394 g/mol. The van der Waals surface area contributed by atoms with Crippen molar-refractivity contribution in [1.29, 1.82) is 0 Å². The SMILES string of the molecule is CCCCn1nc(C)c(/C=C/C(=O)N2CCN(C(=O)C(=O)NC3CC3)CC2)c1Cl. The van der Waals surface area contributed by atoms with Crippen molar-refractivity contribution < 1.29 is 14.4 Å². The Balaban J connectivity index is 1.52. The largest absolute Gasteiger partial charge is 0.345 e. The molecule has 9 heteroatoms. The van der Waals surface area contributed by atoms with Crippen LogP contribution in [0, 0.1) is 6.92 Å². The van der Waals surface area contributed by atoms with Gasteiger partial charge in [0.1, 0.15) is 5.15 Å². The van der Waals surface area contributed by atoms with Gasteiger partial charge in [0.25, 0.3) is 0 Å². The average molecular weight is 422 g/mol. The van der Waals surface area contributed by atoms with Crippen molar-refractivity contribution in [2.45, 2.75) is 52.1 Å². The highest BCUT2D eigenvalue weighted by Gasteiger charge is 2.31. The second kappa shape index (κ2) is 9.43. The number of carbonyl (C=O) groups is 3. The number of halogens is 1. The lowest BCUT2D eigenvalue weighted by atomic mass is 10.2. The summed E-state index contributed by atoms with van der Waals surface area (Å²) in [5.74, 6) is -1.20. The number of hydrogen-bond acceptors (Lipinski definition) is 4. The van der Waals surface area contributed by atoms with Crippen molar-refractivity contribution in [3.05, 3.63) is 22.5 Å². The van der Waals surface area contributed by atoms with E-state index >= 15 is 0 Å². The van der Waals surface area contributed by atoms with Crippen LogP contribution in [-0.2, 0) is 20.9 Å². The van der Waals surface area contributed by atoms with Gasteiger partial charge in [-0.25, -0.2) is 0 Å². The second-order valence-corrected chi connectivity index (χ2v) is 7.92. The van der Waals surface area contributed by atoms with Gasteiger partial charge >= 0.3 is 11.8 Å². The molecular formula is C20H28ClN5O3. The summed E-state index contributed by atoms with van der Waals surface area (Å²) in [4.78, 5) is 39.8. The first-order valence-electron chi connectivity index (χ1n) is 10.2. The third-order valence-electron chi connectivity index (χ3n) is 5.21. The van der Waals surface area contributed by atoms with Gasteiger partial charge in [0, 0.05) is 50.4 Å². The maximum atomic E-state index is 12.5. The van der Waals surface area contributed by atoms with Gasteiger partial charge in [0.2, 0.25) is 5.91 Å². The molecule has 0 radical (unpaired) electrons. The van der Waals surface area contributed by atoms with Gasteiger partial charge in [-0.15, -0.1) is 0 Å². The number of aryl methyl sites for hydroxylation is 2. The monoisotopic (exact) mass is 421 g/mol. The van der Waals surface area contributed by atoms with Crippen LogP contribution in [0.3, 0.4) is 0 Å². The summed E-state index contributed by atoms with van der Waals surface area (Å²) in [7, 11) is 0. The van der Waals surface area contributed by atoms with E-state index < -0.39 is 11.8 Å². The molecule has 1 aliphatic carbocycles. The molecule has 0 atom stereocenters. The van der Waals surface area contributed by atoms with Crippen molar-refractivity contribution in [1.82, 2.24) is 24.9 Å². The molecule has 1 saturated carbocycles. The molecule has 1 aromatic rings. The van der Waals surface area contributed by atoms with E-state index in [9.17, 15) is 14.4 Å². The van der Waals surface area contributed by atoms with Crippen LogP contribution in [-0.4, -0.2) is 69.5 Å². The first-order valence-corrected chi connectivity index (χ1v) is 10.6. The van der Waals surface area contributed by atoms with E-state index in [1.165, 1.54) is 11.0 Å². The summed E-state index contributed by atoms with van der Waals surface area (Å²) in [5.41, 5.74) is 1.54. The molecule has 2 heterocycles. The van der Waals surface area contributed by atoms with Gasteiger partial charge in [0.05, 0.1) is 5.69 Å². The maximum absolute atomic E-state index is 12.5. The molecule has 2 fully saturated rings. The number of amides is 3. The highest BCUT2D eigenvalue weighted by molar-refractivity contribution is 6.35. The summed E-state index contributed by atoms with van der Waals surface area (Å²) in [5, 5.41) is 7.68.